The smallest absolute Gasteiger partial charge is 0.148 e. The van der Waals surface area contributed by atoms with E-state index in [0.29, 0.717) is 5.56 Å². The Morgan fingerprint density at radius 3 is 2.85 bits per heavy atom. The lowest BCUT2D eigenvalue weighted by Crippen LogP contribution is -2.11. The summed E-state index contributed by atoms with van der Waals surface area (Å²) >= 11 is 5.74. The molecule has 3 nitrogen and oxygen atoms in total. The quantitative estimate of drug-likeness (QED) is 0.738. The second kappa shape index (κ2) is 4.11. The Kier molecular flexibility index (Phi) is 3.10. The van der Waals surface area contributed by atoms with E-state index in [2.05, 4.69) is 10.3 Å². The predicted octanol–water partition coefficient (Wildman–Crippen LogP) is 2.43. The maximum Gasteiger partial charge on any atom is 0.148 e. The molecule has 13 heavy (non-hydrogen) atoms. The summed E-state index contributed by atoms with van der Waals surface area (Å²) in [6.45, 7) is 3.99. The molecule has 1 aromatic rings. The SMILES string of the molecule is CC(C)Nc1ccnc(Cl)c1C#N. The second-order valence-electron chi connectivity index (χ2n) is 2.94. The maximum atomic E-state index is 8.80. The van der Waals surface area contributed by atoms with Gasteiger partial charge in [0.15, 0.2) is 0 Å². The van der Waals surface area contributed by atoms with Gasteiger partial charge in [0.1, 0.15) is 16.8 Å². The molecule has 1 aromatic heterocycles. The summed E-state index contributed by atoms with van der Waals surface area (Å²) < 4.78 is 0. The molecule has 0 radical (unpaired) electrons. The molecule has 0 aliphatic carbocycles. The molecule has 68 valence electrons. The lowest BCUT2D eigenvalue weighted by molar-refractivity contribution is 0.898. The topological polar surface area (TPSA) is 48.7 Å². The number of nitrogens with zero attached hydrogens (tertiary/aromatic N) is 2. The van der Waals surface area contributed by atoms with Crippen LogP contribution in [0.3, 0.4) is 0 Å². The van der Waals surface area contributed by atoms with Crippen LogP contribution in [0.15, 0.2) is 12.3 Å². The first kappa shape index (κ1) is 9.82. The standard InChI is InChI=1S/C9H10ClN3/c1-6(2)13-8-3-4-12-9(10)7(8)5-11/h3-4,6H,1-2H3,(H,12,13). The van der Waals surface area contributed by atoms with Gasteiger partial charge in [-0.3, -0.25) is 0 Å². The van der Waals surface area contributed by atoms with Crippen LogP contribution in [0, 0.1) is 11.3 Å². The molecule has 0 unspecified atom stereocenters. The highest BCUT2D eigenvalue weighted by atomic mass is 35.5. The minimum absolute atomic E-state index is 0.244. The molecule has 0 saturated carbocycles. The third-order valence-electron chi connectivity index (χ3n) is 1.46. The molecule has 4 heteroatoms. The Morgan fingerprint density at radius 2 is 2.31 bits per heavy atom. The molecular formula is C9H10ClN3. The van der Waals surface area contributed by atoms with Crippen LogP contribution in [0.4, 0.5) is 5.69 Å². The molecule has 0 spiro atoms. The number of aromatic nitrogens is 1. The van der Waals surface area contributed by atoms with Crippen molar-refractivity contribution in [3.8, 4) is 6.07 Å². The Balaban J connectivity index is 3.07. The molecule has 0 aromatic carbocycles. The van der Waals surface area contributed by atoms with Gasteiger partial charge in [0.2, 0.25) is 0 Å². The monoisotopic (exact) mass is 195 g/mol. The van der Waals surface area contributed by atoms with Crippen molar-refractivity contribution in [2.24, 2.45) is 0 Å². The third-order valence-corrected chi connectivity index (χ3v) is 1.75. The van der Waals surface area contributed by atoms with Crippen LogP contribution >= 0.6 is 11.6 Å². The molecule has 1 N–H and O–H groups in total. The average Bonchev–Trinajstić information content (AvgIpc) is 2.03. The lowest BCUT2D eigenvalue weighted by atomic mass is 10.2. The third kappa shape index (κ3) is 2.33. The molecule has 0 saturated heterocycles. The molecule has 0 amide bonds. The average molecular weight is 196 g/mol. The zero-order valence-corrected chi connectivity index (χ0v) is 8.26. The van der Waals surface area contributed by atoms with Crippen molar-refractivity contribution in [1.82, 2.24) is 4.98 Å². The highest BCUT2D eigenvalue weighted by molar-refractivity contribution is 6.30. The highest BCUT2D eigenvalue weighted by Crippen LogP contribution is 2.21. The van der Waals surface area contributed by atoms with Crippen molar-refractivity contribution in [3.63, 3.8) is 0 Å². The number of anilines is 1. The summed E-state index contributed by atoms with van der Waals surface area (Å²) in [5, 5.41) is 12.2. The first-order valence-corrected chi connectivity index (χ1v) is 4.34. The molecule has 0 fully saturated rings. The zero-order valence-electron chi connectivity index (χ0n) is 7.50. The predicted molar refractivity (Wildman–Crippen MR) is 52.7 cm³/mol. The fourth-order valence-electron chi connectivity index (χ4n) is 0.974. The van der Waals surface area contributed by atoms with Gasteiger partial charge in [0.05, 0.1) is 5.69 Å². The van der Waals surface area contributed by atoms with E-state index in [1.807, 2.05) is 19.9 Å². The summed E-state index contributed by atoms with van der Waals surface area (Å²) in [6, 6.07) is 4.02. The molecule has 1 heterocycles. The summed E-state index contributed by atoms with van der Waals surface area (Å²) in [6.07, 6.45) is 1.58. The number of hydrogen-bond donors (Lipinski definition) is 1. The summed E-state index contributed by atoms with van der Waals surface area (Å²) in [5.74, 6) is 0. The maximum absolute atomic E-state index is 8.80. The normalized spacial score (nSPS) is 9.77. The van der Waals surface area contributed by atoms with Crippen LogP contribution < -0.4 is 5.32 Å². The fourth-order valence-corrected chi connectivity index (χ4v) is 1.17. The number of pyridine rings is 1. The van der Waals surface area contributed by atoms with Crippen LogP contribution in [0.1, 0.15) is 19.4 Å². The number of rotatable bonds is 2. The van der Waals surface area contributed by atoms with Crippen molar-refractivity contribution in [3.05, 3.63) is 23.0 Å². The lowest BCUT2D eigenvalue weighted by Gasteiger charge is -2.11. The van der Waals surface area contributed by atoms with Crippen molar-refractivity contribution in [2.45, 2.75) is 19.9 Å². The van der Waals surface area contributed by atoms with Gasteiger partial charge < -0.3 is 5.32 Å². The van der Waals surface area contributed by atoms with E-state index >= 15 is 0 Å². The van der Waals surface area contributed by atoms with Gasteiger partial charge in [-0.25, -0.2) is 4.98 Å². The Morgan fingerprint density at radius 1 is 1.62 bits per heavy atom. The largest absolute Gasteiger partial charge is 0.382 e. The van der Waals surface area contributed by atoms with E-state index < -0.39 is 0 Å². The second-order valence-corrected chi connectivity index (χ2v) is 3.29. The van der Waals surface area contributed by atoms with Gasteiger partial charge in [0.25, 0.3) is 0 Å². The molecule has 0 aliphatic heterocycles. The summed E-state index contributed by atoms with van der Waals surface area (Å²) in [4.78, 5) is 3.82. The Labute approximate surface area is 82.4 Å². The number of halogens is 1. The van der Waals surface area contributed by atoms with Gasteiger partial charge in [-0.05, 0) is 19.9 Å². The van der Waals surface area contributed by atoms with Crippen molar-refractivity contribution in [1.29, 1.82) is 5.26 Å². The van der Waals surface area contributed by atoms with E-state index in [0.717, 1.165) is 5.69 Å². The van der Waals surface area contributed by atoms with E-state index in [-0.39, 0.29) is 11.2 Å². The fraction of sp³-hybridized carbons (Fsp3) is 0.333. The van der Waals surface area contributed by atoms with E-state index in [1.165, 1.54) is 0 Å². The first-order chi connectivity index (χ1) is 6.15. The van der Waals surface area contributed by atoms with Crippen LogP contribution in [0.2, 0.25) is 5.15 Å². The van der Waals surface area contributed by atoms with E-state index in [1.54, 1.807) is 12.3 Å². The molecule has 1 rings (SSSR count). The number of hydrogen-bond acceptors (Lipinski definition) is 3. The minimum Gasteiger partial charge on any atom is -0.382 e. The Bertz CT molecular complexity index is 341. The van der Waals surface area contributed by atoms with Gasteiger partial charge >= 0.3 is 0 Å². The number of nitriles is 1. The first-order valence-electron chi connectivity index (χ1n) is 3.96. The van der Waals surface area contributed by atoms with Gasteiger partial charge in [0, 0.05) is 12.2 Å². The number of nitrogens with one attached hydrogen (secondary N) is 1. The van der Waals surface area contributed by atoms with E-state index in [9.17, 15) is 0 Å². The van der Waals surface area contributed by atoms with Crippen LogP contribution in [-0.4, -0.2) is 11.0 Å². The Hall–Kier alpha value is -1.27. The van der Waals surface area contributed by atoms with E-state index in [4.69, 9.17) is 16.9 Å². The van der Waals surface area contributed by atoms with Crippen LogP contribution in [0.25, 0.3) is 0 Å². The summed E-state index contributed by atoms with van der Waals surface area (Å²) in [5.41, 5.74) is 1.13. The van der Waals surface area contributed by atoms with Gasteiger partial charge in [-0.2, -0.15) is 5.26 Å². The van der Waals surface area contributed by atoms with Gasteiger partial charge in [-0.15, -0.1) is 0 Å². The highest BCUT2D eigenvalue weighted by Gasteiger charge is 2.07. The van der Waals surface area contributed by atoms with Crippen LogP contribution in [-0.2, 0) is 0 Å². The minimum atomic E-state index is 0.244. The van der Waals surface area contributed by atoms with Gasteiger partial charge in [-0.1, -0.05) is 11.6 Å². The summed E-state index contributed by atoms with van der Waals surface area (Å²) in [7, 11) is 0. The van der Waals surface area contributed by atoms with Crippen molar-refractivity contribution < 1.29 is 0 Å². The van der Waals surface area contributed by atoms with Crippen LogP contribution in [0.5, 0.6) is 0 Å². The molecule has 0 bridgehead atoms. The molecular weight excluding hydrogens is 186 g/mol. The van der Waals surface area contributed by atoms with Crippen molar-refractivity contribution >= 4 is 17.3 Å². The molecule has 0 atom stereocenters. The molecule has 0 aliphatic rings. The zero-order chi connectivity index (χ0) is 9.84. The van der Waals surface area contributed by atoms with Crippen molar-refractivity contribution in [2.75, 3.05) is 5.32 Å².